The molecule has 63 heavy (non-hydrogen) atoms. The van der Waals surface area contributed by atoms with Crippen LogP contribution in [0, 0.1) is 13.8 Å². The maximum atomic E-state index is 12.5. The molecular formula is C47H53ClN2O11S2. The minimum absolute atomic E-state index is 0.112. The van der Waals surface area contributed by atoms with Gasteiger partial charge in [0.25, 0.3) is 0 Å². The van der Waals surface area contributed by atoms with E-state index in [4.69, 9.17) is 25.8 Å². The monoisotopic (exact) mass is 920 g/mol. The topological polar surface area (TPSA) is 189 Å². The summed E-state index contributed by atoms with van der Waals surface area (Å²) < 4.78 is 68.3. The Balaban J connectivity index is 1.23. The summed E-state index contributed by atoms with van der Waals surface area (Å²) in [6.07, 6.45) is 2.50. The molecule has 6 rings (SSSR count). The highest BCUT2D eigenvalue weighted by Gasteiger charge is 2.32. The lowest BCUT2D eigenvalue weighted by Crippen LogP contribution is -2.52. The van der Waals surface area contributed by atoms with Crippen LogP contribution < -0.4 is 19.5 Å². The van der Waals surface area contributed by atoms with E-state index in [-0.39, 0.29) is 57.7 Å². The van der Waals surface area contributed by atoms with Crippen LogP contribution in [0.1, 0.15) is 41.2 Å². The average molecular weight is 922 g/mol. The van der Waals surface area contributed by atoms with Gasteiger partial charge in [-0.25, -0.2) is 16.8 Å². The first-order chi connectivity index (χ1) is 29.8. The Morgan fingerprint density at radius 3 is 2.03 bits per heavy atom. The largest absolute Gasteiger partial charge is 0.492 e. The molecule has 2 atom stereocenters. The third-order valence-electron chi connectivity index (χ3n) is 11.3. The van der Waals surface area contributed by atoms with Gasteiger partial charge in [0.2, 0.25) is 0 Å². The molecule has 1 heterocycles. The van der Waals surface area contributed by atoms with Crippen molar-refractivity contribution in [2.75, 3.05) is 45.4 Å². The molecule has 0 radical (unpaired) electrons. The van der Waals surface area contributed by atoms with Crippen molar-refractivity contribution in [2.24, 2.45) is 0 Å². The number of aliphatic carboxylic acids is 1. The Kier molecular flexibility index (Phi) is 14.9. The number of likely N-dealkylation sites (tertiary alicyclic amines) is 1. The summed E-state index contributed by atoms with van der Waals surface area (Å²) in [5, 5.41) is 32.4. The predicted octanol–water partition coefficient (Wildman–Crippen LogP) is 6.63. The summed E-state index contributed by atoms with van der Waals surface area (Å²) in [6.45, 7) is 7.35. The third-order valence-corrected chi connectivity index (χ3v) is 13.8. The first-order valence-electron chi connectivity index (χ1n) is 20.3. The number of hydrogen-bond donors (Lipinski definition) is 4. The fourth-order valence-electron chi connectivity index (χ4n) is 7.32. The normalized spacial score (nSPS) is 15.5. The maximum absolute atomic E-state index is 12.5. The molecule has 0 spiro atoms. The van der Waals surface area contributed by atoms with E-state index in [0.717, 1.165) is 82.8 Å². The van der Waals surface area contributed by atoms with Gasteiger partial charge in [0.05, 0.1) is 27.5 Å². The number of rotatable bonds is 19. The standard InChI is InChI=1S/C47H53ClN2O11S2/c1-30-34(8-6-10-41(30)42-11-7-9-40(31(42)2)33-12-14-37(15-13-33)59-19-18-50-17-16-36(52)26-50)28-61-45-24-44(35(22-43(45)48)25-49-47(3,29-51)46(53)54)60-27-32-20-38(62(4,55)56)23-39(21-32)63(5,57)58/h6-15,20-24,36,49,51-52H,16-19,25-29H2,1-5H3,(H,53,54)/t36-,47+/m1/s1. The van der Waals surface area contributed by atoms with Crippen LogP contribution in [0.25, 0.3) is 22.3 Å². The van der Waals surface area contributed by atoms with E-state index < -0.39 is 37.8 Å². The van der Waals surface area contributed by atoms with Crippen LogP contribution in [-0.2, 0) is 44.2 Å². The number of carbonyl (C=O) groups is 1. The number of halogens is 1. The van der Waals surface area contributed by atoms with Crippen LogP contribution >= 0.6 is 11.6 Å². The van der Waals surface area contributed by atoms with Gasteiger partial charge in [-0.05, 0) is 108 Å². The minimum Gasteiger partial charge on any atom is -0.492 e. The number of carboxylic acid groups (broad SMARTS) is 1. The molecule has 336 valence electrons. The summed E-state index contributed by atoms with van der Waals surface area (Å²) in [5.41, 5.74) is 6.13. The third kappa shape index (κ3) is 11.8. The van der Waals surface area contributed by atoms with Crippen LogP contribution in [-0.4, -0.2) is 100 Å². The van der Waals surface area contributed by atoms with Gasteiger partial charge in [-0.2, -0.15) is 0 Å². The molecule has 1 saturated heterocycles. The molecule has 0 saturated carbocycles. The van der Waals surface area contributed by atoms with Gasteiger partial charge in [-0.1, -0.05) is 60.1 Å². The van der Waals surface area contributed by atoms with Crippen LogP contribution in [0.5, 0.6) is 17.2 Å². The Hall–Kier alpha value is -5.00. The van der Waals surface area contributed by atoms with Crippen LogP contribution in [0.4, 0.5) is 0 Å². The van der Waals surface area contributed by atoms with Gasteiger partial charge >= 0.3 is 5.97 Å². The second-order valence-electron chi connectivity index (χ2n) is 16.2. The summed E-state index contributed by atoms with van der Waals surface area (Å²) in [5.74, 6) is -0.0639. The Labute approximate surface area is 374 Å². The van der Waals surface area contributed by atoms with Crippen molar-refractivity contribution in [3.63, 3.8) is 0 Å². The average Bonchev–Trinajstić information content (AvgIpc) is 3.66. The van der Waals surface area contributed by atoms with Crippen molar-refractivity contribution < 1.29 is 51.2 Å². The second kappa shape index (κ2) is 19.8. The molecule has 0 unspecified atom stereocenters. The van der Waals surface area contributed by atoms with E-state index in [1.54, 1.807) is 6.07 Å². The predicted molar refractivity (Wildman–Crippen MR) is 242 cm³/mol. The molecule has 0 bridgehead atoms. The van der Waals surface area contributed by atoms with Gasteiger partial charge in [-0.15, -0.1) is 0 Å². The van der Waals surface area contributed by atoms with E-state index in [1.807, 2.05) is 37.3 Å². The van der Waals surface area contributed by atoms with E-state index >= 15 is 0 Å². The summed E-state index contributed by atoms with van der Waals surface area (Å²) in [7, 11) is -7.58. The number of benzene rings is 5. The maximum Gasteiger partial charge on any atom is 0.326 e. The Bertz CT molecular complexity index is 2640. The highest BCUT2D eigenvalue weighted by Crippen LogP contribution is 2.37. The van der Waals surface area contributed by atoms with Crippen molar-refractivity contribution in [1.29, 1.82) is 0 Å². The Morgan fingerprint density at radius 1 is 0.810 bits per heavy atom. The summed E-state index contributed by atoms with van der Waals surface area (Å²) in [4.78, 5) is 13.8. The van der Waals surface area contributed by atoms with E-state index in [0.29, 0.717) is 18.7 Å². The van der Waals surface area contributed by atoms with Crippen LogP contribution in [0.3, 0.4) is 0 Å². The molecule has 1 fully saturated rings. The molecule has 0 amide bonds. The highest BCUT2D eigenvalue weighted by atomic mass is 35.5. The SMILES string of the molecule is Cc1c(COc2cc(OCc3cc(S(C)(=O)=O)cc(S(C)(=O)=O)c3)c(CN[C@@](C)(CO)C(=O)O)cc2Cl)cccc1-c1cccc(-c2ccc(OCCN3CC[C@@H](O)C3)cc2)c1C. The second-order valence-corrected chi connectivity index (χ2v) is 20.6. The zero-order valence-electron chi connectivity index (χ0n) is 35.9. The van der Waals surface area contributed by atoms with E-state index in [9.17, 15) is 36.9 Å². The smallest absolute Gasteiger partial charge is 0.326 e. The van der Waals surface area contributed by atoms with Gasteiger partial charge in [-0.3, -0.25) is 15.0 Å². The zero-order chi connectivity index (χ0) is 45.7. The van der Waals surface area contributed by atoms with Gasteiger partial charge in [0, 0.05) is 50.3 Å². The number of aliphatic hydroxyl groups excluding tert-OH is 2. The number of hydrogen-bond acceptors (Lipinski definition) is 12. The molecule has 5 aromatic carbocycles. The molecule has 5 aromatic rings. The summed E-state index contributed by atoms with van der Waals surface area (Å²) in [6, 6.07) is 27.1. The zero-order valence-corrected chi connectivity index (χ0v) is 38.2. The molecule has 16 heteroatoms. The quantitative estimate of drug-likeness (QED) is 0.0692. The molecule has 13 nitrogen and oxygen atoms in total. The highest BCUT2D eigenvalue weighted by molar-refractivity contribution is 7.91. The molecular weight excluding hydrogens is 868 g/mol. The van der Waals surface area contributed by atoms with E-state index in [2.05, 4.69) is 47.5 Å². The lowest BCUT2D eigenvalue weighted by Gasteiger charge is -2.25. The Morgan fingerprint density at radius 2 is 1.43 bits per heavy atom. The van der Waals surface area contributed by atoms with Crippen molar-refractivity contribution in [3.8, 4) is 39.5 Å². The van der Waals surface area contributed by atoms with Crippen LogP contribution in [0.2, 0.25) is 5.02 Å². The lowest BCUT2D eigenvalue weighted by atomic mass is 9.89. The molecule has 4 N–H and O–H groups in total. The fraction of sp³-hybridized carbons (Fsp3) is 0.340. The summed E-state index contributed by atoms with van der Waals surface area (Å²) >= 11 is 6.78. The molecule has 0 aliphatic carbocycles. The minimum atomic E-state index is -3.79. The lowest BCUT2D eigenvalue weighted by molar-refractivity contribution is -0.145. The van der Waals surface area contributed by atoms with Crippen LogP contribution in [0.15, 0.2) is 101 Å². The first kappa shape index (κ1) is 47.5. The van der Waals surface area contributed by atoms with E-state index in [1.165, 1.54) is 25.1 Å². The van der Waals surface area contributed by atoms with Crippen molar-refractivity contribution in [3.05, 3.63) is 124 Å². The fourth-order valence-corrected chi connectivity index (χ4v) is 9.05. The van der Waals surface area contributed by atoms with Crippen molar-refractivity contribution in [2.45, 2.75) is 68.4 Å². The number of ether oxygens (including phenoxy) is 3. The van der Waals surface area contributed by atoms with Crippen molar-refractivity contribution in [1.82, 2.24) is 10.2 Å². The number of β-amino-alcohol motifs (C(OH)–C–C–N with tert-alkyl or cyclic N) is 1. The molecule has 0 aromatic heterocycles. The number of sulfone groups is 2. The number of aliphatic hydroxyl groups is 2. The van der Waals surface area contributed by atoms with Gasteiger partial charge in [0.1, 0.15) is 42.6 Å². The molecule has 1 aliphatic rings. The van der Waals surface area contributed by atoms with Gasteiger partial charge < -0.3 is 29.5 Å². The number of carboxylic acids is 1. The number of nitrogens with zero attached hydrogens (tertiary/aromatic N) is 1. The first-order valence-corrected chi connectivity index (χ1v) is 24.5. The molecule has 1 aliphatic heterocycles. The van der Waals surface area contributed by atoms with Gasteiger partial charge in [0.15, 0.2) is 19.7 Å². The van der Waals surface area contributed by atoms with Crippen molar-refractivity contribution >= 4 is 37.2 Å². The number of nitrogens with one attached hydrogen (secondary N) is 1.